The van der Waals surface area contributed by atoms with E-state index in [0.717, 1.165) is 11.4 Å². The highest BCUT2D eigenvalue weighted by atomic mass is 16.5. The van der Waals surface area contributed by atoms with Crippen LogP contribution in [-0.2, 0) is 0 Å². The van der Waals surface area contributed by atoms with Gasteiger partial charge in [-0.1, -0.05) is 18.2 Å². The van der Waals surface area contributed by atoms with Crippen LogP contribution in [0.2, 0.25) is 0 Å². The monoisotopic (exact) mass is 215 g/mol. The first-order valence-corrected chi connectivity index (χ1v) is 4.98. The molecule has 0 aliphatic carbocycles. The van der Waals surface area contributed by atoms with Crippen LogP contribution in [-0.4, -0.2) is 12.2 Å². The van der Waals surface area contributed by atoms with Gasteiger partial charge >= 0.3 is 0 Å². The predicted octanol–water partition coefficient (Wildman–Crippen LogP) is 3.14. The molecule has 2 aromatic carbocycles. The average molecular weight is 215 g/mol. The van der Waals surface area contributed by atoms with Crippen LogP contribution in [0.25, 0.3) is 0 Å². The molecule has 2 aromatic rings. The summed E-state index contributed by atoms with van der Waals surface area (Å²) in [4.78, 5) is 0. The number of methoxy groups -OCH3 is 1. The lowest BCUT2D eigenvalue weighted by Crippen LogP contribution is -1.91. The Bertz CT molecular complexity index is 469. The molecule has 0 saturated carbocycles. The molecule has 0 fully saturated rings. The summed E-state index contributed by atoms with van der Waals surface area (Å²) in [5.41, 5.74) is 1.87. The maximum atomic E-state index is 9.45. The first-order valence-electron chi connectivity index (χ1n) is 4.98. The molecule has 0 aliphatic rings. The van der Waals surface area contributed by atoms with Crippen molar-refractivity contribution in [2.45, 2.75) is 0 Å². The molecular weight excluding hydrogens is 202 g/mol. The Morgan fingerprint density at radius 2 is 1.75 bits per heavy atom. The third-order valence-electron chi connectivity index (χ3n) is 2.24. The van der Waals surface area contributed by atoms with Crippen molar-refractivity contribution in [2.75, 3.05) is 12.4 Å². The number of benzene rings is 2. The number of ether oxygens (including phenoxy) is 1. The van der Waals surface area contributed by atoms with E-state index in [9.17, 15) is 5.11 Å². The van der Waals surface area contributed by atoms with Gasteiger partial charge in [0.2, 0.25) is 0 Å². The van der Waals surface area contributed by atoms with Gasteiger partial charge < -0.3 is 15.2 Å². The maximum Gasteiger partial charge on any atom is 0.162 e. The molecule has 0 heterocycles. The second-order valence-electron chi connectivity index (χ2n) is 3.38. The maximum absolute atomic E-state index is 9.45. The highest BCUT2D eigenvalue weighted by Gasteiger charge is 2.02. The van der Waals surface area contributed by atoms with Crippen molar-refractivity contribution < 1.29 is 9.84 Å². The van der Waals surface area contributed by atoms with E-state index in [4.69, 9.17) is 4.74 Å². The summed E-state index contributed by atoms with van der Waals surface area (Å²) < 4.78 is 5.03. The van der Waals surface area contributed by atoms with Gasteiger partial charge in [-0.15, -0.1) is 0 Å². The topological polar surface area (TPSA) is 41.5 Å². The standard InChI is InChI=1S/C13H13NO2/c1-16-13-9-11(7-8-12(13)15)14-10-5-3-2-4-6-10/h2-9,14-15H,1H3. The van der Waals surface area contributed by atoms with E-state index in [1.807, 2.05) is 30.3 Å². The largest absolute Gasteiger partial charge is 0.504 e. The molecule has 2 N–H and O–H groups in total. The number of phenolic OH excluding ortho intramolecular Hbond substituents is 1. The number of phenols is 1. The lowest BCUT2D eigenvalue weighted by Gasteiger charge is -2.09. The van der Waals surface area contributed by atoms with Crippen molar-refractivity contribution in [3.05, 3.63) is 48.5 Å². The lowest BCUT2D eigenvalue weighted by molar-refractivity contribution is 0.374. The van der Waals surface area contributed by atoms with E-state index in [2.05, 4.69) is 5.32 Å². The van der Waals surface area contributed by atoms with Crippen LogP contribution < -0.4 is 10.1 Å². The molecule has 16 heavy (non-hydrogen) atoms. The highest BCUT2D eigenvalue weighted by molar-refractivity contribution is 5.63. The molecule has 0 unspecified atom stereocenters. The van der Waals surface area contributed by atoms with Gasteiger partial charge in [-0.25, -0.2) is 0 Å². The van der Waals surface area contributed by atoms with Gasteiger partial charge in [-0.2, -0.15) is 0 Å². The number of nitrogens with one attached hydrogen (secondary N) is 1. The molecular formula is C13H13NO2. The van der Waals surface area contributed by atoms with Crippen molar-refractivity contribution in [3.63, 3.8) is 0 Å². The molecule has 82 valence electrons. The Morgan fingerprint density at radius 3 is 2.44 bits per heavy atom. The normalized spacial score (nSPS) is 9.81. The van der Waals surface area contributed by atoms with E-state index in [-0.39, 0.29) is 5.75 Å². The Balaban J connectivity index is 2.22. The van der Waals surface area contributed by atoms with Crippen molar-refractivity contribution in [2.24, 2.45) is 0 Å². The van der Waals surface area contributed by atoms with Gasteiger partial charge in [0, 0.05) is 17.4 Å². The van der Waals surface area contributed by atoms with E-state index < -0.39 is 0 Å². The third-order valence-corrected chi connectivity index (χ3v) is 2.24. The van der Waals surface area contributed by atoms with Gasteiger partial charge in [-0.3, -0.25) is 0 Å². The Labute approximate surface area is 94.3 Å². The average Bonchev–Trinajstić information content (AvgIpc) is 2.33. The number of para-hydroxylation sites is 1. The molecule has 3 nitrogen and oxygen atoms in total. The quantitative estimate of drug-likeness (QED) is 0.773. The summed E-state index contributed by atoms with van der Waals surface area (Å²) in [6, 6.07) is 15.0. The SMILES string of the molecule is COc1cc(Nc2ccccc2)ccc1O. The van der Waals surface area contributed by atoms with Crippen molar-refractivity contribution >= 4 is 11.4 Å². The fourth-order valence-electron chi connectivity index (χ4n) is 1.44. The Morgan fingerprint density at radius 1 is 1.00 bits per heavy atom. The van der Waals surface area contributed by atoms with Crippen molar-refractivity contribution in [1.82, 2.24) is 0 Å². The first-order chi connectivity index (χ1) is 7.79. The number of rotatable bonds is 3. The molecule has 0 bridgehead atoms. The van der Waals surface area contributed by atoms with E-state index >= 15 is 0 Å². The van der Waals surface area contributed by atoms with Gasteiger partial charge in [0.05, 0.1) is 7.11 Å². The van der Waals surface area contributed by atoms with Gasteiger partial charge in [0.15, 0.2) is 11.5 Å². The summed E-state index contributed by atoms with van der Waals surface area (Å²) in [7, 11) is 1.53. The number of hydrogen-bond acceptors (Lipinski definition) is 3. The molecule has 0 aromatic heterocycles. The minimum Gasteiger partial charge on any atom is -0.504 e. The van der Waals surface area contributed by atoms with Crippen LogP contribution in [0, 0.1) is 0 Å². The zero-order valence-electron chi connectivity index (χ0n) is 8.97. The van der Waals surface area contributed by atoms with Crippen LogP contribution in [0.3, 0.4) is 0 Å². The molecule has 3 heteroatoms. The molecule has 0 atom stereocenters. The summed E-state index contributed by atoms with van der Waals surface area (Å²) in [6.45, 7) is 0. The number of anilines is 2. The van der Waals surface area contributed by atoms with Crippen LogP contribution >= 0.6 is 0 Å². The highest BCUT2D eigenvalue weighted by Crippen LogP contribution is 2.29. The fraction of sp³-hybridized carbons (Fsp3) is 0.0769. The van der Waals surface area contributed by atoms with Crippen LogP contribution in [0.15, 0.2) is 48.5 Å². The molecule has 0 amide bonds. The zero-order valence-corrected chi connectivity index (χ0v) is 8.97. The van der Waals surface area contributed by atoms with Gasteiger partial charge in [0.25, 0.3) is 0 Å². The third kappa shape index (κ3) is 2.25. The summed E-state index contributed by atoms with van der Waals surface area (Å²) >= 11 is 0. The van der Waals surface area contributed by atoms with Gasteiger partial charge in [-0.05, 0) is 24.3 Å². The molecule has 0 radical (unpaired) electrons. The van der Waals surface area contributed by atoms with E-state index in [0.29, 0.717) is 5.75 Å². The predicted molar refractivity (Wildman–Crippen MR) is 64.4 cm³/mol. The number of aromatic hydroxyl groups is 1. The minimum absolute atomic E-state index is 0.140. The van der Waals surface area contributed by atoms with Crippen LogP contribution in [0.1, 0.15) is 0 Å². The summed E-state index contributed by atoms with van der Waals surface area (Å²) in [5.74, 6) is 0.599. The Kier molecular flexibility index (Phi) is 2.96. The van der Waals surface area contributed by atoms with E-state index in [1.54, 1.807) is 18.2 Å². The zero-order chi connectivity index (χ0) is 11.4. The molecule has 0 saturated heterocycles. The van der Waals surface area contributed by atoms with Gasteiger partial charge in [0.1, 0.15) is 0 Å². The lowest BCUT2D eigenvalue weighted by atomic mass is 10.2. The second-order valence-corrected chi connectivity index (χ2v) is 3.38. The summed E-state index contributed by atoms with van der Waals surface area (Å²) in [6.07, 6.45) is 0. The molecule has 0 spiro atoms. The van der Waals surface area contributed by atoms with Crippen molar-refractivity contribution in [3.8, 4) is 11.5 Å². The molecule has 2 rings (SSSR count). The summed E-state index contributed by atoms with van der Waals surface area (Å²) in [5, 5.41) is 12.7. The first kappa shape index (κ1) is 10.4. The van der Waals surface area contributed by atoms with Crippen LogP contribution in [0.4, 0.5) is 11.4 Å². The van der Waals surface area contributed by atoms with Crippen LogP contribution in [0.5, 0.6) is 11.5 Å². The van der Waals surface area contributed by atoms with E-state index in [1.165, 1.54) is 7.11 Å². The second kappa shape index (κ2) is 4.57. The fourth-order valence-corrected chi connectivity index (χ4v) is 1.44. The number of hydrogen-bond donors (Lipinski definition) is 2. The minimum atomic E-state index is 0.140. The Hall–Kier alpha value is -2.16. The smallest absolute Gasteiger partial charge is 0.162 e. The molecule has 0 aliphatic heterocycles. The van der Waals surface area contributed by atoms with Crippen molar-refractivity contribution in [1.29, 1.82) is 0 Å².